The fraction of sp³-hybridized carbons (Fsp3) is 0.345. The van der Waals surface area contributed by atoms with Crippen LogP contribution in [0.25, 0.3) is 28.0 Å². The Kier molecular flexibility index (Phi) is 6.73. The SMILES string of the molecule is O=C(c1ccc(F)cc1)N1CCC(n2cnc3c(-n4c(C(F)F)nc5ccccc54)nc(N4CCOCC4)nc32)CC1. The maximum Gasteiger partial charge on any atom is 0.296 e. The molecule has 0 unspecified atom stereocenters. The zero-order valence-electron chi connectivity index (χ0n) is 22.5. The van der Waals surface area contributed by atoms with E-state index in [0.717, 1.165) is 0 Å². The Hall–Kier alpha value is -4.52. The summed E-state index contributed by atoms with van der Waals surface area (Å²) in [5, 5.41) is 0. The quantitative estimate of drug-likeness (QED) is 0.303. The molecule has 13 heteroatoms. The van der Waals surface area contributed by atoms with Crippen LogP contribution in [-0.4, -0.2) is 79.3 Å². The van der Waals surface area contributed by atoms with Gasteiger partial charge in [0, 0.05) is 37.8 Å². The molecule has 0 spiro atoms. The Morgan fingerprint density at radius 3 is 2.40 bits per heavy atom. The standard InChI is InChI=1S/C29H27F3N8O2/c30-19-7-5-18(6-8-19)28(41)37-11-9-20(10-12-37)39-17-33-23-25(39)35-29(38-13-15-42-16-14-38)36-26(23)40-22-4-2-1-3-21(22)34-27(40)24(31)32/h1-8,17,20,24H,9-16H2. The molecule has 2 aromatic carbocycles. The predicted molar refractivity (Wildman–Crippen MR) is 149 cm³/mol. The monoisotopic (exact) mass is 576 g/mol. The van der Waals surface area contributed by atoms with Crippen molar-refractivity contribution in [2.24, 2.45) is 0 Å². The van der Waals surface area contributed by atoms with Crippen molar-refractivity contribution >= 4 is 34.1 Å². The van der Waals surface area contributed by atoms with Crippen molar-refractivity contribution in [1.82, 2.24) is 34.0 Å². The predicted octanol–water partition coefficient (Wildman–Crippen LogP) is 4.56. The Labute approximate surface area is 238 Å². The summed E-state index contributed by atoms with van der Waals surface area (Å²) in [6.07, 6.45) is 0.121. The van der Waals surface area contributed by atoms with E-state index in [1.807, 2.05) is 9.47 Å². The fourth-order valence-electron chi connectivity index (χ4n) is 5.75. The Balaban J connectivity index is 1.28. The number of nitrogens with zero attached hydrogens (tertiary/aromatic N) is 8. The highest BCUT2D eigenvalue weighted by Gasteiger charge is 2.30. The number of aromatic nitrogens is 6. The van der Waals surface area contributed by atoms with Gasteiger partial charge in [0.25, 0.3) is 12.3 Å². The van der Waals surface area contributed by atoms with E-state index < -0.39 is 12.2 Å². The number of amides is 1. The van der Waals surface area contributed by atoms with Crippen molar-refractivity contribution < 1.29 is 22.7 Å². The summed E-state index contributed by atoms with van der Waals surface area (Å²) in [5.41, 5.74) is 2.30. The van der Waals surface area contributed by atoms with Crippen LogP contribution >= 0.6 is 0 Å². The van der Waals surface area contributed by atoms with Crippen LogP contribution in [0.5, 0.6) is 0 Å². The number of anilines is 1. The number of para-hydroxylation sites is 2. The molecule has 5 heterocycles. The molecule has 2 saturated heterocycles. The van der Waals surface area contributed by atoms with Crippen molar-refractivity contribution in [3.63, 3.8) is 0 Å². The van der Waals surface area contributed by atoms with Crippen molar-refractivity contribution in [2.75, 3.05) is 44.3 Å². The molecule has 0 aliphatic carbocycles. The number of likely N-dealkylation sites (tertiary alicyclic amines) is 1. The Morgan fingerprint density at radius 2 is 1.67 bits per heavy atom. The average molecular weight is 577 g/mol. The first-order valence-electron chi connectivity index (χ1n) is 13.9. The van der Waals surface area contributed by atoms with Gasteiger partial charge in [-0.2, -0.15) is 9.97 Å². The van der Waals surface area contributed by atoms with Gasteiger partial charge >= 0.3 is 0 Å². The van der Waals surface area contributed by atoms with Crippen LogP contribution in [0.15, 0.2) is 54.9 Å². The molecule has 5 aromatic rings. The number of carbonyl (C=O) groups is 1. The highest BCUT2D eigenvalue weighted by molar-refractivity contribution is 5.94. The lowest BCUT2D eigenvalue weighted by molar-refractivity contribution is 0.0695. The lowest BCUT2D eigenvalue weighted by Crippen LogP contribution is -2.39. The number of halogens is 3. The van der Waals surface area contributed by atoms with Crippen molar-refractivity contribution in [3.8, 4) is 5.82 Å². The molecule has 2 aliphatic heterocycles. The normalized spacial score (nSPS) is 16.7. The Bertz CT molecular complexity index is 1760. The van der Waals surface area contributed by atoms with E-state index in [-0.39, 0.29) is 23.6 Å². The van der Waals surface area contributed by atoms with Crippen LogP contribution < -0.4 is 4.90 Å². The van der Waals surface area contributed by atoms with Crippen LogP contribution in [0.1, 0.15) is 41.5 Å². The molecule has 0 N–H and O–H groups in total. The molecule has 2 aliphatic rings. The van der Waals surface area contributed by atoms with E-state index in [1.165, 1.54) is 28.8 Å². The fourth-order valence-corrected chi connectivity index (χ4v) is 5.75. The van der Waals surface area contributed by atoms with Crippen LogP contribution in [-0.2, 0) is 4.74 Å². The minimum absolute atomic E-state index is 0.0262. The smallest absolute Gasteiger partial charge is 0.296 e. The van der Waals surface area contributed by atoms with Crippen molar-refractivity contribution in [2.45, 2.75) is 25.3 Å². The summed E-state index contributed by atoms with van der Waals surface area (Å²) in [6.45, 7) is 3.14. The number of imidazole rings is 2. The third-order valence-electron chi connectivity index (χ3n) is 7.92. The number of piperidine rings is 1. The van der Waals surface area contributed by atoms with Gasteiger partial charge in [-0.05, 0) is 49.2 Å². The third-order valence-corrected chi connectivity index (χ3v) is 7.92. The zero-order valence-corrected chi connectivity index (χ0v) is 22.5. The summed E-state index contributed by atoms with van der Waals surface area (Å²) >= 11 is 0. The summed E-state index contributed by atoms with van der Waals surface area (Å²) in [7, 11) is 0. The lowest BCUT2D eigenvalue weighted by Gasteiger charge is -2.33. The Morgan fingerprint density at radius 1 is 0.929 bits per heavy atom. The van der Waals surface area contributed by atoms with E-state index in [9.17, 15) is 18.0 Å². The van der Waals surface area contributed by atoms with Gasteiger partial charge in [-0.3, -0.25) is 9.36 Å². The highest BCUT2D eigenvalue weighted by atomic mass is 19.3. The van der Waals surface area contributed by atoms with Crippen LogP contribution in [0, 0.1) is 5.82 Å². The van der Waals surface area contributed by atoms with Gasteiger partial charge in [-0.1, -0.05) is 12.1 Å². The molecular weight excluding hydrogens is 549 g/mol. The maximum absolute atomic E-state index is 14.3. The number of benzene rings is 2. The van der Waals surface area contributed by atoms with Gasteiger partial charge in [0.2, 0.25) is 5.95 Å². The molecule has 0 saturated carbocycles. The number of fused-ring (bicyclic) bond motifs is 2. The van der Waals surface area contributed by atoms with E-state index in [2.05, 4.69) is 9.97 Å². The molecule has 0 bridgehead atoms. The van der Waals surface area contributed by atoms with E-state index in [0.29, 0.717) is 85.9 Å². The molecule has 2 fully saturated rings. The van der Waals surface area contributed by atoms with E-state index in [1.54, 1.807) is 35.5 Å². The van der Waals surface area contributed by atoms with E-state index in [4.69, 9.17) is 14.7 Å². The summed E-state index contributed by atoms with van der Waals surface area (Å²) < 4.78 is 50.8. The van der Waals surface area contributed by atoms with Gasteiger partial charge < -0.3 is 19.1 Å². The molecule has 216 valence electrons. The maximum atomic E-state index is 14.3. The summed E-state index contributed by atoms with van der Waals surface area (Å²) in [4.78, 5) is 35.3. The molecule has 0 atom stereocenters. The first kappa shape index (κ1) is 26.4. The van der Waals surface area contributed by atoms with Gasteiger partial charge in [-0.25, -0.2) is 23.1 Å². The molecule has 1 amide bonds. The highest BCUT2D eigenvalue weighted by Crippen LogP contribution is 2.33. The minimum Gasteiger partial charge on any atom is -0.378 e. The number of alkyl halides is 2. The van der Waals surface area contributed by atoms with Crippen LogP contribution in [0.2, 0.25) is 0 Å². The third kappa shape index (κ3) is 4.63. The molecular formula is C29H27F3N8O2. The molecule has 42 heavy (non-hydrogen) atoms. The van der Waals surface area contributed by atoms with Crippen LogP contribution in [0.4, 0.5) is 19.1 Å². The number of carbonyl (C=O) groups excluding carboxylic acids is 1. The van der Waals surface area contributed by atoms with Crippen molar-refractivity contribution in [1.29, 1.82) is 0 Å². The number of morpholine rings is 1. The minimum atomic E-state index is -2.83. The molecule has 7 rings (SSSR count). The van der Waals surface area contributed by atoms with Gasteiger partial charge in [0.1, 0.15) is 5.82 Å². The van der Waals surface area contributed by atoms with Crippen molar-refractivity contribution in [3.05, 3.63) is 72.1 Å². The van der Waals surface area contributed by atoms with Gasteiger partial charge in [-0.15, -0.1) is 0 Å². The summed E-state index contributed by atoms with van der Waals surface area (Å²) in [6, 6.07) is 12.5. The molecule has 0 radical (unpaired) electrons. The number of hydrogen-bond acceptors (Lipinski definition) is 7. The average Bonchev–Trinajstić information content (AvgIpc) is 3.64. The lowest BCUT2D eigenvalue weighted by atomic mass is 10.0. The second kappa shape index (κ2) is 10.7. The number of rotatable bonds is 5. The number of hydrogen-bond donors (Lipinski definition) is 0. The number of ether oxygens (including phenoxy) is 1. The second-order valence-electron chi connectivity index (χ2n) is 10.4. The largest absolute Gasteiger partial charge is 0.378 e. The molecule has 3 aromatic heterocycles. The van der Waals surface area contributed by atoms with Crippen LogP contribution in [0.3, 0.4) is 0 Å². The zero-order chi connectivity index (χ0) is 28.8. The molecule has 10 nitrogen and oxygen atoms in total. The van der Waals surface area contributed by atoms with Gasteiger partial charge in [0.05, 0.1) is 30.6 Å². The van der Waals surface area contributed by atoms with Gasteiger partial charge in [0.15, 0.2) is 22.8 Å². The second-order valence-corrected chi connectivity index (χ2v) is 10.4. The first-order chi connectivity index (χ1) is 20.5. The first-order valence-corrected chi connectivity index (χ1v) is 13.9. The topological polar surface area (TPSA) is 94.2 Å². The summed E-state index contributed by atoms with van der Waals surface area (Å²) in [5.74, 6) is -0.294. The van der Waals surface area contributed by atoms with E-state index >= 15 is 0 Å².